The van der Waals surface area contributed by atoms with Crippen molar-refractivity contribution in [1.82, 2.24) is 0 Å². The van der Waals surface area contributed by atoms with E-state index >= 15 is 0 Å². The van der Waals surface area contributed by atoms with Crippen molar-refractivity contribution in [2.75, 3.05) is 47.5 Å². The molecule has 9 nitrogen and oxygen atoms in total. The third kappa shape index (κ3) is 79.6. The molecule has 0 radical (unpaired) electrons. The van der Waals surface area contributed by atoms with Crippen LogP contribution in [0.25, 0.3) is 0 Å². The molecular weight excluding hydrogens is 1220 g/mol. The van der Waals surface area contributed by atoms with Gasteiger partial charge in [0.1, 0.15) is 13.2 Å². The van der Waals surface area contributed by atoms with Gasteiger partial charge in [0.25, 0.3) is 6.29 Å². The van der Waals surface area contributed by atoms with E-state index in [1.54, 1.807) is 0 Å². The number of hydrogen-bond donors (Lipinski definition) is 1. The molecule has 0 spiro atoms. The van der Waals surface area contributed by atoms with Crippen molar-refractivity contribution < 1.29 is 42.9 Å². The topological polar surface area (TPSA) is 108 Å². The minimum Gasteiger partial charge on any atom is -0.477 e. The first kappa shape index (κ1) is 93.4. The Bertz CT molecular complexity index is 2290. The second-order valence-electron chi connectivity index (χ2n) is 27.3. The molecule has 0 amide bonds. The van der Waals surface area contributed by atoms with Crippen molar-refractivity contribution in [3.63, 3.8) is 0 Å². The Hall–Kier alpha value is -5.61. The maximum Gasteiger partial charge on any atom is 0.361 e. The largest absolute Gasteiger partial charge is 0.477 e. The number of rotatable bonds is 72. The molecule has 0 saturated heterocycles. The lowest BCUT2D eigenvalue weighted by Crippen LogP contribution is -2.40. The van der Waals surface area contributed by atoms with E-state index in [1.165, 1.54) is 135 Å². The maximum atomic E-state index is 13.0. The zero-order valence-corrected chi connectivity index (χ0v) is 64.1. The Morgan fingerprint density at radius 2 is 0.545 bits per heavy atom. The van der Waals surface area contributed by atoms with Crippen LogP contribution in [0.3, 0.4) is 0 Å². The van der Waals surface area contributed by atoms with Crippen LogP contribution in [0.5, 0.6) is 0 Å². The number of hydrogen-bond acceptors (Lipinski definition) is 7. The number of unbranched alkanes of at least 4 members (excludes halogenated alkanes) is 27. The quantitative estimate of drug-likeness (QED) is 0.0211. The van der Waals surface area contributed by atoms with E-state index < -0.39 is 24.3 Å². The number of likely N-dealkylation sites (N-methyl/N-ethyl adjacent to an activating group) is 1. The van der Waals surface area contributed by atoms with Gasteiger partial charge >= 0.3 is 17.9 Å². The van der Waals surface area contributed by atoms with Crippen LogP contribution in [0.15, 0.2) is 182 Å². The van der Waals surface area contributed by atoms with Gasteiger partial charge in [-0.3, -0.25) is 9.59 Å². The number of carboxylic acid groups (broad SMARTS) is 1. The molecule has 0 aliphatic heterocycles. The predicted octanol–water partition coefficient (Wildman–Crippen LogP) is 25.9. The molecule has 0 aromatic carbocycles. The Balaban J connectivity index is 4.11. The van der Waals surface area contributed by atoms with Gasteiger partial charge in [0, 0.05) is 12.8 Å². The Morgan fingerprint density at radius 3 is 0.808 bits per heavy atom. The van der Waals surface area contributed by atoms with Gasteiger partial charge in [0.15, 0.2) is 6.10 Å². The molecule has 0 bridgehead atoms. The Morgan fingerprint density at radius 1 is 0.303 bits per heavy atom. The fraction of sp³-hybridized carbons (Fsp3) is 0.633. The third-order valence-electron chi connectivity index (χ3n) is 16.7. The zero-order chi connectivity index (χ0) is 71.8. The molecule has 2 atom stereocenters. The summed E-state index contributed by atoms with van der Waals surface area (Å²) in [5, 5.41) is 9.77. The minimum absolute atomic E-state index is 0.175. The number of aliphatic carboxylic acids is 1. The van der Waals surface area contributed by atoms with Gasteiger partial charge in [-0.05, 0) is 135 Å². The molecule has 560 valence electrons. The molecule has 0 heterocycles. The molecule has 1 N–H and O–H groups in total. The van der Waals surface area contributed by atoms with E-state index in [2.05, 4.69) is 196 Å². The highest BCUT2D eigenvalue weighted by atomic mass is 16.7. The predicted molar refractivity (Wildman–Crippen MR) is 428 cm³/mol. The molecule has 99 heavy (non-hydrogen) atoms. The van der Waals surface area contributed by atoms with Gasteiger partial charge in [-0.2, -0.15) is 0 Å². The van der Waals surface area contributed by atoms with Gasteiger partial charge in [-0.1, -0.05) is 344 Å². The zero-order valence-electron chi connectivity index (χ0n) is 64.1. The maximum absolute atomic E-state index is 13.0. The van der Waals surface area contributed by atoms with Crippen LogP contribution >= 0.6 is 0 Å². The molecule has 2 unspecified atom stereocenters. The lowest BCUT2D eigenvalue weighted by Gasteiger charge is -2.25. The molecule has 0 saturated carbocycles. The van der Waals surface area contributed by atoms with E-state index in [0.29, 0.717) is 17.4 Å². The van der Waals surface area contributed by atoms with Gasteiger partial charge in [0.2, 0.25) is 0 Å². The third-order valence-corrected chi connectivity index (χ3v) is 16.7. The molecule has 0 rings (SSSR count). The van der Waals surface area contributed by atoms with Gasteiger partial charge < -0.3 is 28.5 Å². The standard InChI is InChI=1S/C90H147NO8/c1-6-8-10-12-14-16-18-20-22-24-26-28-30-32-34-36-38-40-42-43-44-45-47-48-50-52-54-56-58-60-62-64-66-68-70-72-74-76-78-80-87(92)97-84-86(85-98-90(89(94)95)96-83-82-91(3,4)5)99-88(93)81-79-77-75-73-71-69-67-65-63-61-59-57-55-53-51-49-46-41-39-37-35-33-31-29-27-25-23-21-19-17-15-13-11-9-7-2/h8-11,14-17,20-23,26-29,32-35,39,41,49,51,55,57,61,63,67,69,86,90H,6-7,12-13,18-19,24-25,30-31,36-38,40,42-48,50,52-54,56,58-60,62,64-66,68,70-85H2,1-5H3/p+1/b10-8-,11-9-,16-14-,17-15-,22-20-,23-21-,28-26-,29-27-,34-32-,35-33-,41-39-,51-49-,57-55-,63-61-,69-67-. The Labute approximate surface area is 609 Å². The van der Waals surface area contributed by atoms with Crippen LogP contribution in [0.4, 0.5) is 0 Å². The van der Waals surface area contributed by atoms with Crippen LogP contribution in [-0.2, 0) is 33.3 Å². The summed E-state index contributed by atoms with van der Waals surface area (Å²) in [7, 11) is 5.97. The number of carboxylic acids is 1. The summed E-state index contributed by atoms with van der Waals surface area (Å²) in [6.45, 7) is 4.62. The fourth-order valence-corrected chi connectivity index (χ4v) is 10.7. The van der Waals surface area contributed by atoms with Crippen molar-refractivity contribution in [1.29, 1.82) is 0 Å². The van der Waals surface area contributed by atoms with E-state index in [-0.39, 0.29) is 38.6 Å². The summed E-state index contributed by atoms with van der Waals surface area (Å²) in [6.07, 6.45) is 116. The first-order chi connectivity index (χ1) is 48.6. The molecule has 0 aromatic rings. The van der Waals surface area contributed by atoms with E-state index in [4.69, 9.17) is 18.9 Å². The van der Waals surface area contributed by atoms with Crippen LogP contribution in [0.2, 0.25) is 0 Å². The summed E-state index contributed by atoms with van der Waals surface area (Å²) in [5.74, 6) is -2.04. The fourth-order valence-electron chi connectivity index (χ4n) is 10.7. The summed E-state index contributed by atoms with van der Waals surface area (Å²) in [5.41, 5.74) is 0. The van der Waals surface area contributed by atoms with Gasteiger partial charge in [-0.15, -0.1) is 0 Å². The van der Waals surface area contributed by atoms with Crippen molar-refractivity contribution in [2.45, 2.75) is 322 Å². The average Bonchev–Trinajstić information content (AvgIpc) is 1.16. The molecular formula is C90H148NO8+. The highest BCUT2D eigenvalue weighted by Crippen LogP contribution is 2.18. The number of nitrogens with zero attached hydrogens (tertiary/aromatic N) is 1. The molecule has 0 aromatic heterocycles. The molecule has 0 fully saturated rings. The number of quaternary nitrogens is 1. The van der Waals surface area contributed by atoms with Crippen molar-refractivity contribution in [3.8, 4) is 0 Å². The van der Waals surface area contributed by atoms with Crippen LogP contribution in [0.1, 0.15) is 309 Å². The number of carbonyl (C=O) groups excluding carboxylic acids is 2. The van der Waals surface area contributed by atoms with Gasteiger partial charge in [-0.25, -0.2) is 4.79 Å². The number of esters is 2. The average molecular weight is 1370 g/mol. The summed E-state index contributed by atoms with van der Waals surface area (Å²) in [6, 6.07) is 0. The Kier molecular flexibility index (Phi) is 73.7. The SMILES string of the molecule is CC/C=C\C/C=C\C/C=C\C/C=C\C/C=C\C/C=C\C/C=C\C/C=C\C/C=C\C/C=C\CCCCCCC(=O)OC(COC(=O)CCCCCCCCCCCCCCCCCCCCCCCCC/C=C\C/C=C\C/C=C\C/C=C\C/C=C\CC)COC(OCC[N+](C)(C)C)C(=O)O. The minimum atomic E-state index is -1.53. The lowest BCUT2D eigenvalue weighted by molar-refractivity contribution is -0.870. The van der Waals surface area contributed by atoms with Crippen molar-refractivity contribution in [3.05, 3.63) is 182 Å². The van der Waals surface area contributed by atoms with E-state index in [1.807, 2.05) is 21.1 Å². The summed E-state index contributed by atoms with van der Waals surface area (Å²) >= 11 is 0. The van der Waals surface area contributed by atoms with E-state index in [9.17, 15) is 19.5 Å². The second kappa shape index (κ2) is 78.1. The van der Waals surface area contributed by atoms with Crippen LogP contribution in [-0.4, -0.2) is 87.4 Å². The van der Waals surface area contributed by atoms with Crippen LogP contribution in [0, 0.1) is 0 Å². The number of carbonyl (C=O) groups is 3. The number of allylic oxidation sites excluding steroid dienone is 30. The van der Waals surface area contributed by atoms with Gasteiger partial charge in [0.05, 0.1) is 34.4 Å². The lowest BCUT2D eigenvalue weighted by atomic mass is 10.0. The first-order valence-electron chi connectivity index (χ1n) is 39.9. The van der Waals surface area contributed by atoms with Crippen molar-refractivity contribution >= 4 is 17.9 Å². The molecule has 9 heteroatoms. The normalized spacial score (nSPS) is 13.7. The van der Waals surface area contributed by atoms with Crippen molar-refractivity contribution in [2.24, 2.45) is 0 Å². The molecule has 0 aliphatic rings. The second-order valence-corrected chi connectivity index (χ2v) is 27.3. The highest BCUT2D eigenvalue weighted by molar-refractivity contribution is 5.71. The monoisotopic (exact) mass is 1370 g/mol. The first-order valence-corrected chi connectivity index (χ1v) is 39.9. The summed E-state index contributed by atoms with van der Waals surface area (Å²) < 4.78 is 23.0. The highest BCUT2D eigenvalue weighted by Gasteiger charge is 2.25. The van der Waals surface area contributed by atoms with E-state index in [0.717, 1.165) is 141 Å². The molecule has 0 aliphatic carbocycles. The summed E-state index contributed by atoms with van der Waals surface area (Å²) in [4.78, 5) is 37.7. The smallest absolute Gasteiger partial charge is 0.361 e. The number of ether oxygens (including phenoxy) is 4. The van der Waals surface area contributed by atoms with Crippen LogP contribution < -0.4 is 0 Å².